The predicted molar refractivity (Wildman–Crippen MR) is 116 cm³/mol. The lowest BCUT2D eigenvalue weighted by Crippen LogP contribution is -2.29. The summed E-state index contributed by atoms with van der Waals surface area (Å²) in [5.41, 5.74) is 5.50. The van der Waals surface area contributed by atoms with Crippen molar-refractivity contribution in [1.82, 2.24) is 0 Å². The number of ether oxygens (including phenoxy) is 1. The van der Waals surface area contributed by atoms with Crippen LogP contribution in [0.4, 0.5) is 5.69 Å². The van der Waals surface area contributed by atoms with E-state index < -0.39 is 10.4 Å². The minimum atomic E-state index is -4.41. The first-order valence-corrected chi connectivity index (χ1v) is 10.7. The molecule has 0 spiro atoms. The van der Waals surface area contributed by atoms with Gasteiger partial charge in [-0.2, -0.15) is 4.57 Å². The molecule has 3 aromatic rings. The summed E-state index contributed by atoms with van der Waals surface area (Å²) in [6.45, 7) is 4.16. The predicted octanol–water partition coefficient (Wildman–Crippen LogP) is 3.35. The van der Waals surface area contributed by atoms with Gasteiger partial charge >= 0.3 is 5.89 Å². The van der Waals surface area contributed by atoms with Crippen molar-refractivity contribution in [1.29, 1.82) is 0 Å². The van der Waals surface area contributed by atoms with Gasteiger partial charge < -0.3 is 18.6 Å². The maximum Gasteiger partial charge on any atom is 0.373 e. The number of oxazole rings is 1. The molecule has 0 radical (unpaired) electrons. The number of hydrogen-bond acceptors (Lipinski definition) is 7. The van der Waals surface area contributed by atoms with Crippen LogP contribution in [0.1, 0.15) is 17.0 Å². The Morgan fingerprint density at radius 1 is 1.13 bits per heavy atom. The molecule has 0 aliphatic carbocycles. The van der Waals surface area contributed by atoms with Gasteiger partial charge in [0.1, 0.15) is 7.05 Å². The summed E-state index contributed by atoms with van der Waals surface area (Å²) in [5.74, 6) is 2.48. The van der Waals surface area contributed by atoms with Crippen molar-refractivity contribution in [3.8, 4) is 5.75 Å². The molecule has 9 heteroatoms. The number of nitrogens with zero attached hydrogens (tertiary/aromatic N) is 2. The summed E-state index contributed by atoms with van der Waals surface area (Å²) in [5, 5.41) is 0. The highest BCUT2D eigenvalue weighted by Crippen LogP contribution is 2.38. The number of rotatable bonds is 3. The molecule has 0 saturated heterocycles. The molecule has 0 atom stereocenters. The smallest absolute Gasteiger partial charge is 0.373 e. The van der Waals surface area contributed by atoms with E-state index in [4.69, 9.17) is 9.15 Å². The van der Waals surface area contributed by atoms with Gasteiger partial charge in [-0.25, -0.2) is 8.42 Å². The highest BCUT2D eigenvalue weighted by atomic mass is 32.3. The van der Waals surface area contributed by atoms with Crippen molar-refractivity contribution in [3.05, 3.63) is 71.5 Å². The maximum absolute atomic E-state index is 9.22. The Morgan fingerprint density at radius 3 is 2.45 bits per heavy atom. The minimum absolute atomic E-state index is 0.798. The van der Waals surface area contributed by atoms with Crippen molar-refractivity contribution in [2.24, 2.45) is 7.05 Å². The molecule has 8 nitrogen and oxygen atoms in total. The first-order chi connectivity index (χ1) is 14.6. The lowest BCUT2D eigenvalue weighted by Gasteiger charge is -2.10. The van der Waals surface area contributed by atoms with Crippen LogP contribution < -0.4 is 14.2 Å². The number of benzene rings is 2. The highest BCUT2D eigenvalue weighted by Gasteiger charge is 2.22. The Hall–Kier alpha value is -3.14. The molecule has 0 saturated carbocycles. The van der Waals surface area contributed by atoms with Gasteiger partial charge in [-0.15, -0.1) is 0 Å². The van der Waals surface area contributed by atoms with E-state index >= 15 is 0 Å². The molecule has 0 fully saturated rings. The Bertz CT molecular complexity index is 1270. The summed E-state index contributed by atoms with van der Waals surface area (Å²) < 4.78 is 44.9. The fraction of sp³-hybridized carbons (Fsp3) is 0.227. The monoisotopic (exact) mass is 444 g/mol. The van der Waals surface area contributed by atoms with Crippen LogP contribution in [0.5, 0.6) is 5.75 Å². The summed E-state index contributed by atoms with van der Waals surface area (Å²) in [4.78, 5) is 2.05. The number of anilines is 1. The summed E-state index contributed by atoms with van der Waals surface area (Å²) >= 11 is 0. The van der Waals surface area contributed by atoms with Crippen LogP contribution in [0.2, 0.25) is 0 Å². The molecular weight excluding hydrogens is 420 g/mol. The van der Waals surface area contributed by atoms with E-state index in [1.54, 1.807) is 0 Å². The highest BCUT2D eigenvalue weighted by molar-refractivity contribution is 7.80. The molecular formula is C22H24N2O6S. The first-order valence-electron chi connectivity index (χ1n) is 9.40. The van der Waals surface area contributed by atoms with E-state index in [2.05, 4.69) is 51.8 Å². The molecule has 0 unspecified atom stereocenters. The second kappa shape index (κ2) is 8.93. The lowest BCUT2D eigenvalue weighted by atomic mass is 10.2. The number of allylic oxidation sites excluding steroid dienone is 2. The molecule has 164 valence electrons. The van der Waals surface area contributed by atoms with E-state index in [9.17, 15) is 13.0 Å². The summed E-state index contributed by atoms with van der Waals surface area (Å²) in [6, 6.07) is 12.4. The molecule has 4 rings (SSSR count). The molecule has 0 N–H and O–H groups in total. The van der Waals surface area contributed by atoms with Gasteiger partial charge in [0.05, 0.1) is 18.9 Å². The molecule has 2 heterocycles. The quantitative estimate of drug-likeness (QED) is 0.347. The van der Waals surface area contributed by atoms with Gasteiger partial charge in [0.15, 0.2) is 11.6 Å². The van der Waals surface area contributed by atoms with Gasteiger partial charge in [0, 0.05) is 13.1 Å². The van der Waals surface area contributed by atoms with Crippen molar-refractivity contribution >= 4 is 33.3 Å². The topological polar surface area (TPSA) is 95.9 Å². The van der Waals surface area contributed by atoms with Crippen molar-refractivity contribution in [3.63, 3.8) is 0 Å². The zero-order chi connectivity index (χ0) is 22.8. The van der Waals surface area contributed by atoms with Crippen molar-refractivity contribution in [2.45, 2.75) is 13.8 Å². The van der Waals surface area contributed by atoms with Gasteiger partial charge in [-0.3, -0.25) is 4.18 Å². The molecule has 1 aliphatic heterocycles. The summed E-state index contributed by atoms with van der Waals surface area (Å²) in [7, 11) is 0.414. The number of hydrogen-bond donors (Lipinski definition) is 0. The average Bonchev–Trinajstić information content (AvgIpc) is 3.19. The molecule has 0 bridgehead atoms. The van der Waals surface area contributed by atoms with Crippen LogP contribution in [0.25, 0.3) is 17.2 Å². The van der Waals surface area contributed by atoms with Crippen LogP contribution in [0.15, 0.2) is 58.9 Å². The second-order valence-corrected chi connectivity index (χ2v) is 8.19. The zero-order valence-corrected chi connectivity index (χ0v) is 18.8. The third-order valence-electron chi connectivity index (χ3n) is 4.72. The Labute approximate surface area is 181 Å². The number of fused-ring (bicyclic) bond motifs is 2. The van der Waals surface area contributed by atoms with Gasteiger partial charge in [0.2, 0.25) is 16.0 Å². The molecule has 0 amide bonds. The Kier molecular flexibility index (Phi) is 6.49. The van der Waals surface area contributed by atoms with Crippen LogP contribution in [0, 0.1) is 13.8 Å². The van der Waals surface area contributed by atoms with Crippen LogP contribution >= 0.6 is 0 Å². The molecule has 1 aromatic heterocycles. The van der Waals surface area contributed by atoms with Gasteiger partial charge in [-0.05, 0) is 55.3 Å². The van der Waals surface area contributed by atoms with Crippen molar-refractivity contribution in [2.75, 3.05) is 19.1 Å². The SMILES string of the molecule is COS(=O)(=O)[O-].Cc1ccc2c(c1)N(C)/C(=C/C=C/c1oc3ccc(C)cc3[n+]1C)O2. The number of aryl methyl sites for hydroxylation is 3. The fourth-order valence-electron chi connectivity index (χ4n) is 3.06. The third-order valence-corrected chi connectivity index (χ3v) is 5.13. The van der Waals surface area contributed by atoms with E-state index in [0.29, 0.717) is 0 Å². The fourth-order valence-corrected chi connectivity index (χ4v) is 3.06. The maximum atomic E-state index is 9.22. The second-order valence-electron chi connectivity index (χ2n) is 7.04. The largest absolute Gasteiger partial charge is 0.726 e. The molecule has 31 heavy (non-hydrogen) atoms. The standard InChI is InChI=1S/C21H21N2O2.CH4O4S/c1-14-8-10-18-16(12-14)22(3)20(24-18)6-5-7-21-23(4)17-13-15(2)9-11-19(17)25-21;1-5-6(2,3)4/h5-13H,1-4H3;1H3,(H,2,3,4)/q+1;/p-1. The van der Waals surface area contributed by atoms with E-state index in [0.717, 1.165) is 41.4 Å². The third kappa shape index (κ3) is 5.32. The lowest BCUT2D eigenvalue weighted by molar-refractivity contribution is -0.652. The molecule has 1 aliphatic rings. The normalized spacial score (nSPS) is 14.6. The molecule has 2 aromatic carbocycles. The van der Waals surface area contributed by atoms with E-state index in [1.165, 1.54) is 11.1 Å². The van der Waals surface area contributed by atoms with E-state index in [-0.39, 0.29) is 0 Å². The van der Waals surface area contributed by atoms with E-state index in [1.807, 2.05) is 44.5 Å². The van der Waals surface area contributed by atoms with Crippen LogP contribution in [-0.4, -0.2) is 27.1 Å². The van der Waals surface area contributed by atoms with Crippen LogP contribution in [-0.2, 0) is 21.6 Å². The Morgan fingerprint density at radius 2 is 1.77 bits per heavy atom. The van der Waals surface area contributed by atoms with Crippen molar-refractivity contribution < 1.29 is 30.9 Å². The summed E-state index contributed by atoms with van der Waals surface area (Å²) in [6.07, 6.45) is 5.86. The van der Waals surface area contributed by atoms with Crippen LogP contribution in [0.3, 0.4) is 0 Å². The zero-order valence-electron chi connectivity index (χ0n) is 17.9. The van der Waals surface area contributed by atoms with Gasteiger partial charge in [-0.1, -0.05) is 12.1 Å². The first kappa shape index (κ1) is 22.5. The minimum Gasteiger partial charge on any atom is -0.726 e. The Balaban J connectivity index is 0.000000401. The number of aromatic nitrogens is 1. The average molecular weight is 445 g/mol. The van der Waals surface area contributed by atoms with Gasteiger partial charge in [0.25, 0.3) is 5.52 Å².